The van der Waals surface area contributed by atoms with Crippen LogP contribution in [0.3, 0.4) is 0 Å². The number of hydrogen-bond donors (Lipinski definition) is 12. The Kier molecular flexibility index (Phi) is 26.3. The first-order valence-corrected chi connectivity index (χ1v) is 29.4. The maximum absolute atomic E-state index is 14.7. The van der Waals surface area contributed by atoms with Crippen molar-refractivity contribution in [2.24, 2.45) is 17.6 Å². The zero-order chi connectivity index (χ0) is 59.5. The number of carbonyl (C=O) groups is 7. The zero-order valence-electron chi connectivity index (χ0n) is 47.1. The topological polar surface area (TPSA) is 343 Å². The number of aromatic hydroxyl groups is 1. The minimum Gasteiger partial charge on any atom is -0.508 e. The summed E-state index contributed by atoms with van der Waals surface area (Å²) in [5.74, 6) is -5.17. The van der Waals surface area contributed by atoms with Gasteiger partial charge in [-0.05, 0) is 86.6 Å². The molecule has 450 valence electrons. The van der Waals surface area contributed by atoms with Crippen LogP contribution in [0.1, 0.15) is 148 Å². The second kappa shape index (κ2) is 32.2. The van der Waals surface area contributed by atoms with Gasteiger partial charge in [-0.3, -0.25) is 33.6 Å². The molecule has 3 aliphatic rings. The first-order valence-electron chi connectivity index (χ1n) is 28.6. The van der Waals surface area contributed by atoms with Crippen LogP contribution in [0, 0.1) is 11.8 Å². The normalized spacial score (nSPS) is 25.9. The van der Waals surface area contributed by atoms with Crippen molar-refractivity contribution in [3.8, 4) is 5.75 Å². The summed E-state index contributed by atoms with van der Waals surface area (Å²) in [6.07, 6.45) is -1.76. The number of carbonyl (C=O) groups excluding carboxylic acids is 7. The van der Waals surface area contributed by atoms with Gasteiger partial charge >= 0.3 is 0 Å². The van der Waals surface area contributed by atoms with E-state index in [1.165, 1.54) is 55.4 Å². The van der Waals surface area contributed by atoms with E-state index in [0.29, 0.717) is 34.7 Å². The predicted molar refractivity (Wildman–Crippen MR) is 304 cm³/mol. The molecule has 0 aliphatic carbocycles. The van der Waals surface area contributed by atoms with E-state index in [-0.39, 0.29) is 55.8 Å². The van der Waals surface area contributed by atoms with Gasteiger partial charge in [-0.2, -0.15) is 0 Å². The first-order chi connectivity index (χ1) is 38.5. The lowest BCUT2D eigenvalue weighted by molar-refractivity contribution is -0.145. The molecule has 0 aromatic heterocycles. The summed E-state index contributed by atoms with van der Waals surface area (Å²) >= 11 is 3.53. The molecule has 10 unspecified atom stereocenters. The number of fused-ring (bicyclic) bond motifs is 2. The predicted octanol–water partition coefficient (Wildman–Crippen LogP) is 2.69. The molecule has 5 rings (SSSR count). The standard InChI is InChI=1S/C58H87BrN8O14/c1-6-33(2)28-34(3)16-11-9-7-8-10-12-20-47(73)61-42-25-26-48(81-32-38-17-13-14-18-41(38)59)62-55(77)43-19-15-27-66(43)35(4)49(45(71)30-46(60)72)63-57(79)51(53(75)52(74)37-21-23-39(69)24-22-37)65-56(78)44-29-40(70)31-67(44)58(80)50(36(5)68)64-54(42)76/h13-14,17-18,21-24,33-34,36,40,42-45,48-53,68-71,74-75H,4,6-12,15-16,19-20,25-32H2,1-3,5H3,(H2,60,72)(H,61,73)(H,62,77)(H,63,79)(H,64,76)(H,65,78)/t33?,34?,36-,40-,42?,43?,44?,45-,48?,49?,50?,51?,52+,53?/m1/s1. The summed E-state index contributed by atoms with van der Waals surface area (Å²) in [6.45, 7) is 11.8. The molecule has 0 bridgehead atoms. The molecule has 3 fully saturated rings. The van der Waals surface area contributed by atoms with Crippen molar-refractivity contribution in [1.82, 2.24) is 36.4 Å². The van der Waals surface area contributed by atoms with Gasteiger partial charge < -0.3 is 77.5 Å². The quantitative estimate of drug-likeness (QED) is 0.0712. The molecule has 81 heavy (non-hydrogen) atoms. The number of aliphatic hydroxyl groups is 5. The Hall–Kier alpha value is -5.69. The number of nitrogens with one attached hydrogen (secondary N) is 5. The van der Waals surface area contributed by atoms with Gasteiger partial charge in [0.1, 0.15) is 54.4 Å². The lowest BCUT2D eigenvalue weighted by Gasteiger charge is -2.37. The SMILES string of the molecule is C=C1C([C@H](O)CC(N)=O)NC(=O)C(C(O)[C@@H](O)c2ccc(O)cc2)NC(=O)C2C[C@@H](O)CN2C(=O)C([C@@H](C)O)NC(=O)C(NC(=O)CCCCCCCCC(C)CC(C)CC)CCC(OCc2ccccc2Br)NC(=O)C2CCCN12. The summed E-state index contributed by atoms with van der Waals surface area (Å²) in [7, 11) is 0. The third-order valence-corrected chi connectivity index (χ3v) is 16.5. The minimum atomic E-state index is -2.21. The average molecular weight is 1200 g/mol. The molecule has 13 N–H and O–H groups in total. The van der Waals surface area contributed by atoms with Gasteiger partial charge in [0, 0.05) is 36.1 Å². The van der Waals surface area contributed by atoms with Gasteiger partial charge in [0.05, 0.1) is 37.4 Å². The maximum Gasteiger partial charge on any atom is 0.248 e. The van der Waals surface area contributed by atoms with Crippen molar-refractivity contribution in [3.63, 3.8) is 0 Å². The van der Waals surface area contributed by atoms with Crippen LogP contribution in [0.2, 0.25) is 0 Å². The smallest absolute Gasteiger partial charge is 0.248 e. The number of phenolic OH excluding ortho intramolecular Hbond substituents is 1. The van der Waals surface area contributed by atoms with Crippen molar-refractivity contribution < 1.29 is 68.9 Å². The van der Waals surface area contributed by atoms with Gasteiger partial charge in [-0.25, -0.2) is 0 Å². The van der Waals surface area contributed by atoms with Crippen LogP contribution < -0.4 is 32.3 Å². The summed E-state index contributed by atoms with van der Waals surface area (Å²) in [5, 5.41) is 80.2. The molecule has 3 heterocycles. The Labute approximate surface area is 483 Å². The third kappa shape index (κ3) is 19.7. The lowest BCUT2D eigenvalue weighted by atomic mass is 9.91. The number of amides is 7. The highest BCUT2D eigenvalue weighted by molar-refractivity contribution is 9.10. The maximum atomic E-state index is 14.7. The first kappa shape index (κ1) is 66.1. The lowest BCUT2D eigenvalue weighted by Crippen LogP contribution is -2.63. The number of phenols is 1. The molecule has 3 aliphatic heterocycles. The average Bonchev–Trinajstić information content (AvgIpc) is 4.20. The molecule has 0 radical (unpaired) electrons. The Morgan fingerprint density at radius 3 is 2.10 bits per heavy atom. The number of nitrogens with zero attached hydrogens (tertiary/aromatic N) is 2. The fourth-order valence-electron chi connectivity index (χ4n) is 10.8. The van der Waals surface area contributed by atoms with Crippen molar-refractivity contribution in [1.29, 1.82) is 0 Å². The summed E-state index contributed by atoms with van der Waals surface area (Å²) in [6, 6.07) is 2.56. The fourth-order valence-corrected chi connectivity index (χ4v) is 11.2. The third-order valence-electron chi connectivity index (χ3n) is 15.7. The number of nitrogens with two attached hydrogens (primary N) is 1. The molecule has 14 atom stereocenters. The van der Waals surface area contributed by atoms with Gasteiger partial charge in [0.15, 0.2) is 0 Å². The second-order valence-electron chi connectivity index (χ2n) is 22.3. The van der Waals surface area contributed by atoms with Gasteiger partial charge in [-0.15, -0.1) is 0 Å². The Morgan fingerprint density at radius 1 is 0.790 bits per heavy atom. The number of ether oxygens (including phenoxy) is 1. The van der Waals surface area contributed by atoms with Crippen molar-refractivity contribution in [2.75, 3.05) is 13.1 Å². The van der Waals surface area contributed by atoms with Crippen molar-refractivity contribution >= 4 is 57.3 Å². The molecule has 22 nitrogen and oxygen atoms in total. The number of hydrogen-bond acceptors (Lipinski definition) is 15. The van der Waals surface area contributed by atoms with E-state index in [1.807, 2.05) is 6.07 Å². The van der Waals surface area contributed by atoms with Crippen molar-refractivity contribution in [2.45, 2.75) is 210 Å². The van der Waals surface area contributed by atoms with Gasteiger partial charge in [0.2, 0.25) is 41.4 Å². The van der Waals surface area contributed by atoms with E-state index in [1.54, 1.807) is 18.2 Å². The van der Waals surface area contributed by atoms with E-state index in [4.69, 9.17) is 10.5 Å². The summed E-state index contributed by atoms with van der Waals surface area (Å²) in [4.78, 5) is 102. The van der Waals surface area contributed by atoms with Crippen LogP contribution in [0.5, 0.6) is 5.75 Å². The summed E-state index contributed by atoms with van der Waals surface area (Å²) in [5.41, 5.74) is 6.15. The van der Waals surface area contributed by atoms with E-state index < -0.39 is 134 Å². The minimum absolute atomic E-state index is 0.0132. The van der Waals surface area contributed by atoms with E-state index in [0.717, 1.165) is 37.0 Å². The molecule has 23 heteroatoms. The van der Waals surface area contributed by atoms with E-state index in [2.05, 4.69) is 69.9 Å². The molecule has 0 spiro atoms. The van der Waals surface area contributed by atoms with Crippen LogP contribution in [0.25, 0.3) is 0 Å². The number of rotatable bonds is 23. The van der Waals surface area contributed by atoms with Crippen LogP contribution in [-0.4, -0.2) is 162 Å². The summed E-state index contributed by atoms with van der Waals surface area (Å²) < 4.78 is 7.07. The number of unbranched alkanes of at least 4 members (excludes halogenated alkanes) is 5. The zero-order valence-corrected chi connectivity index (χ0v) is 48.7. The highest BCUT2D eigenvalue weighted by Gasteiger charge is 2.46. The van der Waals surface area contributed by atoms with Crippen LogP contribution >= 0.6 is 15.9 Å². The number of aliphatic hydroxyl groups excluding tert-OH is 5. The highest BCUT2D eigenvalue weighted by Crippen LogP contribution is 2.29. The number of halogens is 1. The van der Waals surface area contributed by atoms with Gasteiger partial charge in [-0.1, -0.05) is 119 Å². The van der Waals surface area contributed by atoms with Crippen LogP contribution in [0.4, 0.5) is 0 Å². The second-order valence-corrected chi connectivity index (χ2v) is 23.2. The van der Waals surface area contributed by atoms with E-state index in [9.17, 15) is 64.2 Å². The van der Waals surface area contributed by atoms with Gasteiger partial charge in [0.25, 0.3) is 0 Å². The molecule has 0 saturated carbocycles. The fraction of sp³-hybridized carbons (Fsp3) is 0.638. The van der Waals surface area contributed by atoms with Crippen LogP contribution in [0.15, 0.2) is 65.3 Å². The Balaban J connectivity index is 1.50. The highest BCUT2D eigenvalue weighted by atomic mass is 79.9. The molecule has 3 saturated heterocycles. The molecule has 7 amide bonds. The largest absolute Gasteiger partial charge is 0.508 e. The molecule has 2 aromatic rings. The Morgan fingerprint density at radius 2 is 1.43 bits per heavy atom. The molecular weight excluding hydrogens is 1110 g/mol. The monoisotopic (exact) mass is 1200 g/mol. The van der Waals surface area contributed by atoms with Crippen LogP contribution in [-0.2, 0) is 44.9 Å². The molecule has 2 aromatic carbocycles. The molecular formula is C58H87BrN8O14. The van der Waals surface area contributed by atoms with E-state index >= 15 is 0 Å². The number of benzene rings is 2. The van der Waals surface area contributed by atoms with Crippen molar-refractivity contribution in [3.05, 3.63) is 76.4 Å². The Bertz CT molecular complexity index is 2440. The number of primary amides is 1.